The molecule has 1 aliphatic heterocycles. The number of carbonyl (C=O) groups is 1. The molecule has 0 radical (unpaired) electrons. The van der Waals surface area contributed by atoms with E-state index in [4.69, 9.17) is 15.5 Å². The summed E-state index contributed by atoms with van der Waals surface area (Å²) in [6, 6.07) is 6.31. The molecule has 3 N–H and O–H groups in total. The number of benzene rings is 1. The first kappa shape index (κ1) is 16.4. The number of aromatic nitrogens is 2. The summed E-state index contributed by atoms with van der Waals surface area (Å²) in [5.41, 5.74) is 6.72. The van der Waals surface area contributed by atoms with Gasteiger partial charge in [0.2, 0.25) is 0 Å². The normalized spacial score (nSPS) is 20.8. The average molecular weight is 342 g/mol. The van der Waals surface area contributed by atoms with E-state index in [0.717, 1.165) is 43.3 Å². The predicted octanol–water partition coefficient (Wildman–Crippen LogP) is 3.53. The van der Waals surface area contributed by atoms with Gasteiger partial charge in [0.25, 0.3) is 0 Å². The summed E-state index contributed by atoms with van der Waals surface area (Å²) in [6.07, 6.45) is 8.35. The second-order valence-corrected chi connectivity index (χ2v) is 7.30. The largest absolute Gasteiger partial charge is 0.410 e. The first-order chi connectivity index (χ1) is 12.2. The van der Waals surface area contributed by atoms with Gasteiger partial charge in [-0.15, -0.1) is 0 Å². The highest BCUT2D eigenvalue weighted by atomic mass is 16.5. The smallest absolute Gasteiger partial charge is 0.408 e. The van der Waals surface area contributed by atoms with Crippen LogP contribution in [0.1, 0.15) is 56.7 Å². The van der Waals surface area contributed by atoms with Crippen LogP contribution in [0.5, 0.6) is 5.75 Å². The second kappa shape index (κ2) is 7.04. The third-order valence-electron chi connectivity index (χ3n) is 5.71. The SMILES string of the molecule is NC(=O)Oc1cccc2[nH]c(C3CCN(C4CCCCC4)CC3)nc12. The number of amides is 1. The number of hydrogen-bond donors (Lipinski definition) is 2. The maximum Gasteiger partial charge on any atom is 0.410 e. The van der Waals surface area contributed by atoms with E-state index in [2.05, 4.69) is 9.88 Å². The second-order valence-electron chi connectivity index (χ2n) is 7.30. The molecule has 2 aliphatic rings. The minimum absolute atomic E-state index is 0.423. The summed E-state index contributed by atoms with van der Waals surface area (Å²) in [7, 11) is 0. The lowest BCUT2D eigenvalue weighted by atomic mass is 9.90. The number of rotatable bonds is 3. The van der Waals surface area contributed by atoms with Crippen LogP contribution in [0.4, 0.5) is 4.79 Å². The summed E-state index contributed by atoms with van der Waals surface area (Å²) in [5.74, 6) is 1.86. The molecule has 25 heavy (non-hydrogen) atoms. The van der Waals surface area contributed by atoms with E-state index in [1.165, 1.54) is 32.1 Å². The lowest BCUT2D eigenvalue weighted by molar-refractivity contribution is 0.121. The number of para-hydroxylation sites is 1. The van der Waals surface area contributed by atoms with Gasteiger partial charge in [-0.05, 0) is 50.9 Å². The Balaban J connectivity index is 1.46. The molecule has 1 aliphatic carbocycles. The molecular weight excluding hydrogens is 316 g/mol. The van der Waals surface area contributed by atoms with Crippen LogP contribution < -0.4 is 10.5 Å². The van der Waals surface area contributed by atoms with Crippen LogP contribution in [0.15, 0.2) is 18.2 Å². The van der Waals surface area contributed by atoms with Crippen LogP contribution in [-0.2, 0) is 0 Å². The van der Waals surface area contributed by atoms with Crippen molar-refractivity contribution in [1.29, 1.82) is 0 Å². The number of ether oxygens (including phenoxy) is 1. The van der Waals surface area contributed by atoms with E-state index in [9.17, 15) is 4.79 Å². The van der Waals surface area contributed by atoms with Gasteiger partial charge < -0.3 is 20.4 Å². The predicted molar refractivity (Wildman–Crippen MR) is 96.7 cm³/mol. The fourth-order valence-corrected chi connectivity index (χ4v) is 4.39. The number of nitrogens with one attached hydrogen (secondary N) is 1. The van der Waals surface area contributed by atoms with E-state index in [1.807, 2.05) is 12.1 Å². The van der Waals surface area contributed by atoms with E-state index >= 15 is 0 Å². The third-order valence-corrected chi connectivity index (χ3v) is 5.71. The minimum Gasteiger partial charge on any atom is -0.408 e. The molecular formula is C19H26N4O2. The minimum atomic E-state index is -0.808. The molecule has 2 heterocycles. The zero-order valence-electron chi connectivity index (χ0n) is 14.5. The number of piperidine rings is 1. The fraction of sp³-hybridized carbons (Fsp3) is 0.579. The first-order valence-corrected chi connectivity index (χ1v) is 9.40. The van der Waals surface area contributed by atoms with Crippen molar-refractivity contribution < 1.29 is 9.53 Å². The molecule has 4 rings (SSSR count). The monoisotopic (exact) mass is 342 g/mol. The van der Waals surface area contributed by atoms with E-state index in [0.29, 0.717) is 17.2 Å². The molecule has 0 unspecified atom stereocenters. The molecule has 1 amide bonds. The lowest BCUT2D eigenvalue weighted by Gasteiger charge is -2.38. The van der Waals surface area contributed by atoms with Gasteiger partial charge in [-0.1, -0.05) is 25.3 Å². The van der Waals surface area contributed by atoms with Crippen LogP contribution in [-0.4, -0.2) is 40.1 Å². The van der Waals surface area contributed by atoms with Crippen LogP contribution in [0.3, 0.4) is 0 Å². The van der Waals surface area contributed by atoms with Crippen molar-refractivity contribution >= 4 is 17.1 Å². The van der Waals surface area contributed by atoms with Crippen LogP contribution in [0, 0.1) is 0 Å². The molecule has 1 saturated carbocycles. The molecule has 1 saturated heterocycles. The molecule has 0 bridgehead atoms. The summed E-state index contributed by atoms with van der Waals surface area (Å²) in [6.45, 7) is 2.30. The molecule has 0 atom stereocenters. The summed E-state index contributed by atoms with van der Waals surface area (Å²) in [4.78, 5) is 21.9. The third kappa shape index (κ3) is 3.49. The van der Waals surface area contributed by atoms with E-state index < -0.39 is 6.09 Å². The van der Waals surface area contributed by atoms with E-state index in [-0.39, 0.29) is 0 Å². The topological polar surface area (TPSA) is 84.2 Å². The van der Waals surface area contributed by atoms with Crippen LogP contribution in [0.2, 0.25) is 0 Å². The van der Waals surface area contributed by atoms with Gasteiger partial charge in [-0.25, -0.2) is 9.78 Å². The Morgan fingerprint density at radius 2 is 1.92 bits per heavy atom. The van der Waals surface area contributed by atoms with Crippen molar-refractivity contribution in [3.8, 4) is 5.75 Å². The van der Waals surface area contributed by atoms with Gasteiger partial charge in [-0.3, -0.25) is 0 Å². The van der Waals surface area contributed by atoms with Crippen molar-refractivity contribution in [2.75, 3.05) is 13.1 Å². The molecule has 0 spiro atoms. The van der Waals surface area contributed by atoms with Crippen LogP contribution in [0.25, 0.3) is 11.0 Å². The Labute approximate surface area is 147 Å². The van der Waals surface area contributed by atoms with Gasteiger partial charge in [0.15, 0.2) is 5.75 Å². The average Bonchev–Trinajstić information content (AvgIpc) is 3.08. The van der Waals surface area contributed by atoms with Crippen LogP contribution >= 0.6 is 0 Å². The molecule has 134 valence electrons. The number of nitrogens with two attached hydrogens (primary N) is 1. The van der Waals surface area contributed by atoms with Crippen molar-refractivity contribution in [1.82, 2.24) is 14.9 Å². The Hall–Kier alpha value is -2.08. The Morgan fingerprint density at radius 3 is 2.64 bits per heavy atom. The zero-order valence-corrected chi connectivity index (χ0v) is 14.5. The Bertz CT molecular complexity index is 743. The number of nitrogens with zero attached hydrogens (tertiary/aromatic N) is 2. The number of carbonyl (C=O) groups excluding carboxylic acids is 1. The maximum atomic E-state index is 11.1. The van der Waals surface area contributed by atoms with Gasteiger partial charge in [-0.2, -0.15) is 0 Å². The van der Waals surface area contributed by atoms with Gasteiger partial charge in [0.05, 0.1) is 5.52 Å². The maximum absolute atomic E-state index is 11.1. The highest BCUT2D eigenvalue weighted by molar-refractivity contribution is 5.84. The number of imidazole rings is 1. The fourth-order valence-electron chi connectivity index (χ4n) is 4.39. The van der Waals surface area contributed by atoms with Crippen molar-refractivity contribution in [2.45, 2.75) is 56.9 Å². The number of primary amides is 1. The summed E-state index contributed by atoms with van der Waals surface area (Å²) in [5, 5.41) is 0. The van der Waals surface area contributed by atoms with Gasteiger partial charge >= 0.3 is 6.09 Å². The standard InChI is InChI=1S/C19H26N4O2/c20-19(24)25-16-8-4-7-15-17(16)22-18(21-15)13-9-11-23(12-10-13)14-5-2-1-3-6-14/h4,7-8,13-14H,1-3,5-6,9-12H2,(H2,20,24)(H,21,22). The highest BCUT2D eigenvalue weighted by Gasteiger charge is 2.28. The molecule has 2 aromatic rings. The van der Waals surface area contributed by atoms with Crippen molar-refractivity contribution in [2.24, 2.45) is 5.73 Å². The first-order valence-electron chi connectivity index (χ1n) is 9.40. The van der Waals surface area contributed by atoms with Gasteiger partial charge in [0.1, 0.15) is 11.3 Å². The summed E-state index contributed by atoms with van der Waals surface area (Å²) < 4.78 is 5.07. The molecule has 1 aromatic carbocycles. The van der Waals surface area contributed by atoms with Crippen molar-refractivity contribution in [3.63, 3.8) is 0 Å². The quantitative estimate of drug-likeness (QED) is 0.893. The molecule has 2 fully saturated rings. The number of fused-ring (bicyclic) bond motifs is 1. The Morgan fingerprint density at radius 1 is 1.16 bits per heavy atom. The number of likely N-dealkylation sites (tertiary alicyclic amines) is 1. The highest BCUT2D eigenvalue weighted by Crippen LogP contribution is 2.33. The molecule has 1 aromatic heterocycles. The number of H-pyrrole nitrogens is 1. The zero-order chi connectivity index (χ0) is 17.2. The molecule has 6 nitrogen and oxygen atoms in total. The Kier molecular flexibility index (Phi) is 4.61. The number of aromatic amines is 1. The van der Waals surface area contributed by atoms with Gasteiger partial charge in [0, 0.05) is 12.0 Å². The lowest BCUT2D eigenvalue weighted by Crippen LogP contribution is -2.42. The summed E-state index contributed by atoms with van der Waals surface area (Å²) >= 11 is 0. The van der Waals surface area contributed by atoms with Crippen molar-refractivity contribution in [3.05, 3.63) is 24.0 Å². The molecule has 6 heteroatoms. The number of hydrogen-bond acceptors (Lipinski definition) is 4. The van der Waals surface area contributed by atoms with E-state index in [1.54, 1.807) is 6.07 Å².